The first-order valence-electron chi connectivity index (χ1n) is 45.6. The molecule has 6 heteroatoms. The minimum Gasteiger partial charge on any atom is -0.466 e. The third-order valence-corrected chi connectivity index (χ3v) is 21.7. The Morgan fingerprint density at radius 1 is 0.276 bits per heavy atom. The normalized spacial score (nSPS) is 12.5. The third-order valence-electron chi connectivity index (χ3n) is 21.7. The summed E-state index contributed by atoms with van der Waals surface area (Å²) in [5.74, 6) is -0.0293. The van der Waals surface area contributed by atoms with Crippen molar-refractivity contribution in [3.05, 3.63) is 24.3 Å². The topological polar surface area (TPSA) is 95.9 Å². The molecular formula is C92H179NO5. The first-order chi connectivity index (χ1) is 48.5. The van der Waals surface area contributed by atoms with Crippen LogP contribution in [-0.4, -0.2) is 47.4 Å². The molecule has 6 nitrogen and oxygen atoms in total. The van der Waals surface area contributed by atoms with Gasteiger partial charge in [0.25, 0.3) is 0 Å². The summed E-state index contributed by atoms with van der Waals surface area (Å²) in [6, 6.07) is -0.626. The van der Waals surface area contributed by atoms with Crippen LogP contribution in [0.4, 0.5) is 0 Å². The van der Waals surface area contributed by atoms with Gasteiger partial charge in [-0.2, -0.15) is 0 Å². The van der Waals surface area contributed by atoms with E-state index < -0.39 is 12.1 Å². The molecule has 0 aromatic rings. The zero-order valence-corrected chi connectivity index (χ0v) is 67.1. The van der Waals surface area contributed by atoms with Gasteiger partial charge in [0.2, 0.25) is 5.91 Å². The van der Waals surface area contributed by atoms with Gasteiger partial charge in [0.1, 0.15) is 0 Å². The highest BCUT2D eigenvalue weighted by Crippen LogP contribution is 2.21. The Hall–Kier alpha value is -1.66. The van der Waals surface area contributed by atoms with Crippen LogP contribution >= 0.6 is 0 Å². The van der Waals surface area contributed by atoms with E-state index in [-0.39, 0.29) is 18.5 Å². The monoisotopic (exact) mass is 1380 g/mol. The average molecular weight is 1380 g/mol. The van der Waals surface area contributed by atoms with Crippen molar-refractivity contribution in [3.8, 4) is 0 Å². The van der Waals surface area contributed by atoms with Gasteiger partial charge >= 0.3 is 5.97 Å². The molecule has 582 valence electrons. The van der Waals surface area contributed by atoms with Crippen molar-refractivity contribution in [3.63, 3.8) is 0 Å². The van der Waals surface area contributed by atoms with Crippen molar-refractivity contribution in [2.24, 2.45) is 0 Å². The lowest BCUT2D eigenvalue weighted by Crippen LogP contribution is -2.45. The van der Waals surface area contributed by atoms with Gasteiger partial charge in [0.15, 0.2) is 0 Å². The molecule has 0 radical (unpaired) electrons. The molecule has 98 heavy (non-hydrogen) atoms. The number of amides is 1. The largest absolute Gasteiger partial charge is 0.466 e. The molecule has 3 N–H and O–H groups in total. The molecule has 0 spiro atoms. The number of rotatable bonds is 87. The van der Waals surface area contributed by atoms with E-state index >= 15 is 0 Å². The number of carbonyl (C=O) groups excluding carboxylic acids is 2. The molecule has 1 amide bonds. The Labute approximate surface area is 615 Å². The Morgan fingerprint density at radius 2 is 0.480 bits per heavy atom. The maximum Gasteiger partial charge on any atom is 0.305 e. The van der Waals surface area contributed by atoms with Crippen LogP contribution in [0.25, 0.3) is 0 Å². The quantitative estimate of drug-likeness (QED) is 0.0320. The van der Waals surface area contributed by atoms with Gasteiger partial charge < -0.3 is 20.3 Å². The number of carbonyl (C=O) groups is 2. The minimum atomic E-state index is -0.843. The number of allylic oxidation sites excluding steroid dienone is 3. The molecular weight excluding hydrogens is 1200 g/mol. The summed E-state index contributed by atoms with van der Waals surface area (Å²) in [7, 11) is 0. The zero-order chi connectivity index (χ0) is 70.5. The number of aliphatic hydroxyl groups is 2. The van der Waals surface area contributed by atoms with Crippen LogP contribution in [0.3, 0.4) is 0 Å². The molecule has 0 aromatic heterocycles. The first-order valence-corrected chi connectivity index (χ1v) is 45.6. The second-order valence-electron chi connectivity index (χ2n) is 31.6. The van der Waals surface area contributed by atoms with E-state index in [0.29, 0.717) is 19.4 Å². The van der Waals surface area contributed by atoms with Gasteiger partial charge in [0.05, 0.1) is 25.4 Å². The Kier molecular flexibility index (Phi) is 86.3. The molecule has 0 saturated heterocycles. The van der Waals surface area contributed by atoms with Crippen LogP contribution in [0, 0.1) is 0 Å². The molecule has 0 saturated carbocycles. The SMILES string of the molecule is CCCCCCCCCCCCCCCCCCCCCCC/C=C/C(O)C(CO)NC(=O)CCCCCCCCCCCCCCCCCCC/C=C\CCCCCCCCCCCCCCCCCCCCOC(=O)CCCCCCCCCCCCCCCCCCCCC. The summed E-state index contributed by atoms with van der Waals surface area (Å²) in [4.78, 5) is 24.7. The molecule has 2 atom stereocenters. The van der Waals surface area contributed by atoms with Gasteiger partial charge in [-0.1, -0.05) is 481 Å². The average Bonchev–Trinajstić information content (AvgIpc) is 1.53. The summed E-state index contributed by atoms with van der Waals surface area (Å²) >= 11 is 0. The summed E-state index contributed by atoms with van der Waals surface area (Å²) in [6.45, 7) is 4.98. The maximum atomic E-state index is 12.6. The fourth-order valence-electron chi connectivity index (χ4n) is 14.8. The summed E-state index contributed by atoms with van der Waals surface area (Å²) in [5.41, 5.74) is 0. The fourth-order valence-corrected chi connectivity index (χ4v) is 14.8. The van der Waals surface area contributed by atoms with E-state index in [2.05, 4.69) is 31.3 Å². The Bertz CT molecular complexity index is 1550. The molecule has 0 rings (SSSR count). The first kappa shape index (κ1) is 96.3. The highest BCUT2D eigenvalue weighted by atomic mass is 16.5. The smallest absolute Gasteiger partial charge is 0.305 e. The minimum absolute atomic E-state index is 0.0285. The van der Waals surface area contributed by atoms with E-state index in [4.69, 9.17) is 4.74 Å². The van der Waals surface area contributed by atoms with Crippen LogP contribution in [0.5, 0.6) is 0 Å². The van der Waals surface area contributed by atoms with Crippen molar-refractivity contribution in [1.29, 1.82) is 0 Å². The number of ether oxygens (including phenoxy) is 1. The highest BCUT2D eigenvalue weighted by molar-refractivity contribution is 5.76. The van der Waals surface area contributed by atoms with Crippen molar-refractivity contribution >= 4 is 11.9 Å². The van der Waals surface area contributed by atoms with Gasteiger partial charge in [-0.15, -0.1) is 0 Å². The molecule has 0 heterocycles. The summed E-state index contributed by atoms with van der Waals surface area (Å²) < 4.78 is 5.53. The second-order valence-corrected chi connectivity index (χ2v) is 31.6. The number of hydrogen-bond acceptors (Lipinski definition) is 5. The van der Waals surface area contributed by atoms with E-state index in [0.717, 1.165) is 38.5 Å². The van der Waals surface area contributed by atoms with Gasteiger partial charge in [-0.3, -0.25) is 9.59 Å². The summed E-state index contributed by atoms with van der Waals surface area (Å²) in [5, 5.41) is 23.3. The lowest BCUT2D eigenvalue weighted by atomic mass is 10.0. The molecule has 0 aromatic carbocycles. The van der Waals surface area contributed by atoms with Gasteiger partial charge in [0, 0.05) is 12.8 Å². The Morgan fingerprint density at radius 3 is 0.724 bits per heavy atom. The van der Waals surface area contributed by atoms with Gasteiger partial charge in [-0.05, 0) is 57.8 Å². The van der Waals surface area contributed by atoms with Crippen LogP contribution in [0.15, 0.2) is 24.3 Å². The summed E-state index contributed by atoms with van der Waals surface area (Å²) in [6.07, 6.45) is 115. The second kappa shape index (κ2) is 87.7. The number of unbranched alkanes of at least 4 members (excludes halogenated alkanes) is 74. The number of esters is 1. The van der Waals surface area contributed by atoms with Crippen LogP contribution in [0.2, 0.25) is 0 Å². The van der Waals surface area contributed by atoms with Crippen LogP contribution in [-0.2, 0) is 14.3 Å². The molecule has 2 unspecified atom stereocenters. The van der Waals surface area contributed by atoms with Crippen molar-refractivity contribution in [2.75, 3.05) is 13.2 Å². The Balaban J connectivity index is 3.33. The highest BCUT2D eigenvalue weighted by Gasteiger charge is 2.18. The van der Waals surface area contributed by atoms with Crippen LogP contribution < -0.4 is 5.32 Å². The van der Waals surface area contributed by atoms with E-state index in [1.54, 1.807) is 6.08 Å². The standard InChI is InChI=1S/C92H179NO5/c1-3-5-7-9-11-13-15-17-19-21-23-24-42-45-49-52-56-60-64-68-72-76-80-84-90(95)89(88-94)93-91(96)85-81-77-73-69-65-61-57-53-50-46-43-40-38-36-34-32-30-28-26-25-27-29-31-33-35-37-39-41-44-47-51-55-59-63-67-71-75-79-83-87-98-92(97)86-82-78-74-70-66-62-58-54-48-22-20-18-16-14-12-10-8-6-4-2/h25-26,80,84,89-90,94-95H,3-24,27-79,81-83,85-88H2,1-2H3,(H,93,96)/b26-25-,84-80+. The number of aliphatic hydroxyl groups excluding tert-OH is 2. The molecule has 0 fully saturated rings. The van der Waals surface area contributed by atoms with E-state index in [1.165, 1.54) is 462 Å². The lowest BCUT2D eigenvalue weighted by molar-refractivity contribution is -0.143. The molecule has 0 bridgehead atoms. The fraction of sp³-hybridized carbons (Fsp3) is 0.935. The predicted octanol–water partition coefficient (Wildman–Crippen LogP) is 30.7. The van der Waals surface area contributed by atoms with Crippen molar-refractivity contribution in [2.45, 2.75) is 540 Å². The van der Waals surface area contributed by atoms with Crippen molar-refractivity contribution < 1.29 is 24.5 Å². The maximum absolute atomic E-state index is 12.6. The van der Waals surface area contributed by atoms with Crippen LogP contribution in [0.1, 0.15) is 528 Å². The molecule has 0 aliphatic carbocycles. The number of nitrogens with one attached hydrogen (secondary N) is 1. The van der Waals surface area contributed by atoms with Gasteiger partial charge in [-0.25, -0.2) is 0 Å². The van der Waals surface area contributed by atoms with E-state index in [9.17, 15) is 19.8 Å². The number of hydrogen-bond donors (Lipinski definition) is 3. The third kappa shape index (κ3) is 83.3. The predicted molar refractivity (Wildman–Crippen MR) is 435 cm³/mol. The zero-order valence-electron chi connectivity index (χ0n) is 67.1. The molecule has 0 aliphatic heterocycles. The molecule has 0 aliphatic rings. The lowest BCUT2D eigenvalue weighted by Gasteiger charge is -2.20. The van der Waals surface area contributed by atoms with Crippen molar-refractivity contribution in [1.82, 2.24) is 5.32 Å². The van der Waals surface area contributed by atoms with E-state index in [1.807, 2.05) is 6.08 Å².